The summed E-state index contributed by atoms with van der Waals surface area (Å²) in [6.45, 7) is 0. The quantitative estimate of drug-likeness (QED) is 0.536. The van der Waals surface area contributed by atoms with Gasteiger partial charge >= 0.3 is 12.2 Å². The van der Waals surface area contributed by atoms with Crippen molar-refractivity contribution in [2.24, 2.45) is 0 Å². The molecule has 2 N–H and O–H groups in total. The van der Waals surface area contributed by atoms with E-state index in [-0.39, 0.29) is 28.9 Å². The second kappa shape index (κ2) is 5.79. The van der Waals surface area contributed by atoms with Crippen LogP contribution in [0, 0.1) is 5.82 Å². The van der Waals surface area contributed by atoms with E-state index in [0.717, 1.165) is 12.3 Å². The van der Waals surface area contributed by atoms with Gasteiger partial charge in [-0.3, -0.25) is 5.32 Å². The number of nitrogens with one attached hydrogen (secondary N) is 2. The first-order valence-electron chi connectivity index (χ1n) is 7.18. The van der Waals surface area contributed by atoms with Gasteiger partial charge < -0.3 is 9.40 Å². The van der Waals surface area contributed by atoms with Gasteiger partial charge in [-0.1, -0.05) is 5.10 Å². The van der Waals surface area contributed by atoms with Crippen LogP contribution in [0.4, 0.5) is 29.5 Å². The summed E-state index contributed by atoms with van der Waals surface area (Å²) in [5, 5.41) is 10.2. The van der Waals surface area contributed by atoms with Gasteiger partial charge in [0.15, 0.2) is 0 Å². The summed E-state index contributed by atoms with van der Waals surface area (Å²) in [5.41, 5.74) is -0.140. The number of pyridine rings is 1. The molecule has 0 saturated heterocycles. The Balaban J connectivity index is 1.58. The molecule has 0 amide bonds. The van der Waals surface area contributed by atoms with Gasteiger partial charge in [0.1, 0.15) is 17.0 Å². The molecule has 11 heteroatoms. The minimum absolute atomic E-state index is 0.0348. The third-order valence-corrected chi connectivity index (χ3v) is 3.40. The number of rotatable bonds is 3. The molecule has 0 fully saturated rings. The fourth-order valence-electron chi connectivity index (χ4n) is 2.21. The molecule has 132 valence electrons. The zero-order valence-electron chi connectivity index (χ0n) is 12.7. The second-order valence-corrected chi connectivity index (χ2v) is 5.21. The van der Waals surface area contributed by atoms with E-state index < -0.39 is 17.7 Å². The van der Waals surface area contributed by atoms with E-state index in [4.69, 9.17) is 4.42 Å². The lowest BCUT2D eigenvalue weighted by Crippen LogP contribution is -2.07. The van der Waals surface area contributed by atoms with Crippen molar-refractivity contribution < 1.29 is 22.0 Å². The van der Waals surface area contributed by atoms with Crippen molar-refractivity contribution in [1.29, 1.82) is 0 Å². The lowest BCUT2D eigenvalue weighted by atomic mass is 10.2. The predicted octanol–water partition coefficient (Wildman–Crippen LogP) is 3.91. The topological polar surface area (TPSA) is 92.5 Å². The highest BCUT2D eigenvalue weighted by molar-refractivity contribution is 5.77. The highest BCUT2D eigenvalue weighted by Crippen LogP contribution is 2.29. The first-order chi connectivity index (χ1) is 12.4. The average molecular weight is 364 g/mol. The molecule has 0 aliphatic heterocycles. The Hall–Kier alpha value is -3.50. The molecule has 3 heterocycles. The fourth-order valence-corrected chi connectivity index (χ4v) is 2.21. The Bertz CT molecular complexity index is 1070. The van der Waals surface area contributed by atoms with Crippen molar-refractivity contribution in [2.75, 3.05) is 5.32 Å². The third kappa shape index (κ3) is 3.06. The standard InChI is InChI=1S/C15H8F4N6O/c16-8-3-1-7(2-4-8)12-24-25-14(26-12)23-13-21-9-5-11(15(17,18)19)20-6-10(9)22-13/h1-6H,(H2,21,22,23,25). The van der Waals surface area contributed by atoms with Crippen molar-refractivity contribution >= 4 is 23.0 Å². The zero-order chi connectivity index (χ0) is 18.3. The summed E-state index contributed by atoms with van der Waals surface area (Å²) in [4.78, 5) is 10.1. The zero-order valence-corrected chi connectivity index (χ0v) is 12.7. The number of halogens is 4. The van der Waals surface area contributed by atoms with Crippen LogP contribution in [0.1, 0.15) is 5.69 Å². The monoisotopic (exact) mass is 364 g/mol. The number of H-pyrrole nitrogens is 1. The molecule has 4 rings (SSSR count). The molecule has 0 unspecified atom stereocenters. The van der Waals surface area contributed by atoms with Gasteiger partial charge in [-0.15, -0.1) is 5.10 Å². The van der Waals surface area contributed by atoms with E-state index in [2.05, 4.69) is 30.5 Å². The van der Waals surface area contributed by atoms with Crippen LogP contribution >= 0.6 is 0 Å². The molecule has 0 bridgehead atoms. The van der Waals surface area contributed by atoms with Gasteiger partial charge in [-0.05, 0) is 30.3 Å². The Morgan fingerprint density at radius 3 is 2.58 bits per heavy atom. The molecule has 0 aliphatic rings. The van der Waals surface area contributed by atoms with Crippen LogP contribution in [-0.2, 0) is 6.18 Å². The summed E-state index contributed by atoms with van der Waals surface area (Å²) in [6.07, 6.45) is -3.54. The van der Waals surface area contributed by atoms with Gasteiger partial charge in [0.05, 0.1) is 11.7 Å². The van der Waals surface area contributed by atoms with Crippen LogP contribution in [0.5, 0.6) is 0 Å². The van der Waals surface area contributed by atoms with E-state index in [1.807, 2.05) is 0 Å². The van der Waals surface area contributed by atoms with Gasteiger partial charge in [0, 0.05) is 5.56 Å². The first-order valence-corrected chi connectivity index (χ1v) is 7.18. The van der Waals surface area contributed by atoms with E-state index in [9.17, 15) is 17.6 Å². The largest absolute Gasteiger partial charge is 0.433 e. The number of aromatic nitrogens is 5. The van der Waals surface area contributed by atoms with Gasteiger partial charge in [0.2, 0.25) is 11.8 Å². The number of hydrogen-bond acceptors (Lipinski definition) is 6. The molecule has 0 aliphatic carbocycles. The summed E-state index contributed by atoms with van der Waals surface area (Å²) < 4.78 is 56.4. The molecule has 3 aromatic heterocycles. The maximum Gasteiger partial charge on any atom is 0.433 e. The molecule has 26 heavy (non-hydrogen) atoms. The molecule has 0 radical (unpaired) electrons. The molecular formula is C15H8F4N6O. The SMILES string of the molecule is Fc1ccc(-c2nnc(Nc3nc4cnc(C(F)(F)F)cc4[nH]3)o2)cc1. The van der Waals surface area contributed by atoms with Crippen LogP contribution in [0.15, 0.2) is 40.9 Å². The van der Waals surface area contributed by atoms with Gasteiger partial charge in [-0.25, -0.2) is 14.4 Å². The molecule has 0 saturated carbocycles. The van der Waals surface area contributed by atoms with Crippen LogP contribution in [-0.4, -0.2) is 25.1 Å². The lowest BCUT2D eigenvalue weighted by molar-refractivity contribution is -0.141. The number of anilines is 2. The summed E-state index contributed by atoms with van der Waals surface area (Å²) >= 11 is 0. The smallest absolute Gasteiger partial charge is 0.403 e. The minimum Gasteiger partial charge on any atom is -0.403 e. The molecule has 0 spiro atoms. The molecule has 7 nitrogen and oxygen atoms in total. The van der Waals surface area contributed by atoms with Crippen LogP contribution < -0.4 is 5.32 Å². The predicted molar refractivity (Wildman–Crippen MR) is 81.9 cm³/mol. The number of alkyl halides is 3. The summed E-state index contributed by atoms with van der Waals surface area (Å²) in [6, 6.07) is 6.25. The van der Waals surface area contributed by atoms with E-state index >= 15 is 0 Å². The third-order valence-electron chi connectivity index (χ3n) is 3.40. The minimum atomic E-state index is -4.55. The van der Waals surface area contributed by atoms with Crippen LogP contribution in [0.3, 0.4) is 0 Å². The lowest BCUT2D eigenvalue weighted by Gasteiger charge is -2.03. The number of hydrogen-bond donors (Lipinski definition) is 2. The molecule has 4 aromatic rings. The number of benzene rings is 1. The van der Waals surface area contributed by atoms with Gasteiger partial charge in [0.25, 0.3) is 0 Å². The normalized spacial score (nSPS) is 11.8. The Morgan fingerprint density at radius 2 is 1.85 bits per heavy atom. The summed E-state index contributed by atoms with van der Waals surface area (Å²) in [5.74, 6) is -0.152. The van der Waals surface area contributed by atoms with E-state index in [0.29, 0.717) is 5.56 Å². The number of fused-ring (bicyclic) bond motifs is 1. The van der Waals surface area contributed by atoms with Crippen molar-refractivity contribution in [3.05, 3.63) is 48.0 Å². The van der Waals surface area contributed by atoms with Gasteiger partial charge in [-0.2, -0.15) is 13.2 Å². The second-order valence-electron chi connectivity index (χ2n) is 5.21. The van der Waals surface area contributed by atoms with Crippen molar-refractivity contribution in [3.63, 3.8) is 0 Å². The van der Waals surface area contributed by atoms with Crippen LogP contribution in [0.25, 0.3) is 22.5 Å². The van der Waals surface area contributed by atoms with Crippen LogP contribution in [0.2, 0.25) is 0 Å². The first kappa shape index (κ1) is 16.0. The van der Waals surface area contributed by atoms with Crippen molar-refractivity contribution in [3.8, 4) is 11.5 Å². The Labute approximate surface area is 142 Å². The summed E-state index contributed by atoms with van der Waals surface area (Å²) in [7, 11) is 0. The highest BCUT2D eigenvalue weighted by Gasteiger charge is 2.32. The highest BCUT2D eigenvalue weighted by atomic mass is 19.4. The van der Waals surface area contributed by atoms with Crippen molar-refractivity contribution in [1.82, 2.24) is 25.1 Å². The van der Waals surface area contributed by atoms with E-state index in [1.54, 1.807) is 0 Å². The fraction of sp³-hybridized carbons (Fsp3) is 0.0667. The maximum absolute atomic E-state index is 12.9. The Kier molecular flexibility index (Phi) is 3.56. The number of imidazole rings is 1. The number of nitrogens with zero attached hydrogens (tertiary/aromatic N) is 4. The molecule has 1 aromatic carbocycles. The molecule has 0 atom stereocenters. The van der Waals surface area contributed by atoms with Crippen molar-refractivity contribution in [2.45, 2.75) is 6.18 Å². The molecular weight excluding hydrogens is 356 g/mol. The average Bonchev–Trinajstić information content (AvgIpc) is 3.20. The number of aromatic amines is 1. The van der Waals surface area contributed by atoms with E-state index in [1.165, 1.54) is 24.3 Å². The Morgan fingerprint density at radius 1 is 1.08 bits per heavy atom. The maximum atomic E-state index is 12.9.